The van der Waals surface area contributed by atoms with Crippen molar-refractivity contribution >= 4 is 17.3 Å². The van der Waals surface area contributed by atoms with Gasteiger partial charge in [0, 0.05) is 39.2 Å². The fourth-order valence-corrected chi connectivity index (χ4v) is 8.17. The summed E-state index contributed by atoms with van der Waals surface area (Å²) in [6, 6.07) is 5.50. The van der Waals surface area contributed by atoms with Crippen molar-refractivity contribution in [1.82, 2.24) is 19.8 Å². The van der Waals surface area contributed by atoms with Gasteiger partial charge in [-0.05, 0) is 95.8 Å². The summed E-state index contributed by atoms with van der Waals surface area (Å²) in [5.74, 6) is 0.101. The van der Waals surface area contributed by atoms with Gasteiger partial charge < -0.3 is 20.0 Å². The molecule has 248 valence electrons. The molecule has 1 aromatic heterocycles. The number of nitrogens with one attached hydrogen (secondary N) is 1. The van der Waals surface area contributed by atoms with Crippen LogP contribution in [0.1, 0.15) is 86.6 Å². The molecule has 2 aromatic rings. The van der Waals surface area contributed by atoms with Gasteiger partial charge in [0.2, 0.25) is 5.95 Å². The highest BCUT2D eigenvalue weighted by molar-refractivity contribution is 5.84. The Bertz CT molecular complexity index is 1410. The molecular weight excluding hydrogens is 561 g/mol. The lowest BCUT2D eigenvalue weighted by Crippen LogP contribution is -2.47. The number of likely N-dealkylation sites (tertiary alicyclic amines) is 1. The molecule has 0 spiro atoms. The van der Waals surface area contributed by atoms with E-state index in [4.69, 9.17) is 4.98 Å². The molecule has 8 heteroatoms. The van der Waals surface area contributed by atoms with Crippen molar-refractivity contribution in [2.75, 3.05) is 62.1 Å². The summed E-state index contributed by atoms with van der Waals surface area (Å²) in [5, 5.41) is 3.59. The third kappa shape index (κ3) is 6.78. The van der Waals surface area contributed by atoms with Gasteiger partial charge in [-0.3, -0.25) is 4.90 Å². The highest BCUT2D eigenvalue weighted by Crippen LogP contribution is 2.44. The second-order valence-electron chi connectivity index (χ2n) is 13.7. The summed E-state index contributed by atoms with van der Waals surface area (Å²) in [6.07, 6.45) is 15.5. The first-order valence-electron chi connectivity index (χ1n) is 17.0. The molecule has 1 saturated heterocycles. The second kappa shape index (κ2) is 13.8. The van der Waals surface area contributed by atoms with Gasteiger partial charge >= 0.3 is 0 Å². The van der Waals surface area contributed by atoms with E-state index in [0.717, 1.165) is 43.7 Å². The number of aromatic nitrogens is 2. The lowest BCUT2D eigenvalue weighted by atomic mass is 9.81. The van der Waals surface area contributed by atoms with E-state index in [1.165, 1.54) is 80.3 Å². The van der Waals surface area contributed by atoms with Crippen LogP contribution in [-0.2, 0) is 0 Å². The molecule has 2 fully saturated rings. The predicted molar refractivity (Wildman–Crippen MR) is 190 cm³/mol. The minimum Gasteiger partial charge on any atom is -0.355 e. The Labute approximate surface area is 273 Å². The zero-order chi connectivity index (χ0) is 31.0. The quantitative estimate of drug-likeness (QED) is 0.365. The fourth-order valence-electron chi connectivity index (χ4n) is 8.17. The Morgan fingerprint density at radius 2 is 1.76 bits per heavy atom. The number of fused-ring (bicyclic) bond motifs is 1. The summed E-state index contributed by atoms with van der Waals surface area (Å²) >= 11 is 0. The summed E-state index contributed by atoms with van der Waals surface area (Å²) in [7, 11) is 4.39. The molecule has 1 aromatic carbocycles. The molecule has 0 amide bonds. The molecule has 1 saturated carbocycles. The molecule has 7 nitrogen and oxygen atoms in total. The van der Waals surface area contributed by atoms with E-state index in [0.29, 0.717) is 23.7 Å². The Kier molecular flexibility index (Phi) is 10.2. The topological polar surface area (TPSA) is 50.8 Å². The normalized spacial score (nSPS) is 24.2. The number of anilines is 3. The maximum absolute atomic E-state index is 15.3. The molecule has 0 radical (unpaired) electrons. The molecule has 1 N–H and O–H groups in total. The third-order valence-electron chi connectivity index (χ3n) is 10.5. The van der Waals surface area contributed by atoms with Crippen LogP contribution in [0.4, 0.5) is 21.7 Å². The zero-order valence-corrected chi connectivity index (χ0v) is 27.8. The molecule has 2 aliphatic carbocycles. The summed E-state index contributed by atoms with van der Waals surface area (Å²) < 4.78 is 15.3. The van der Waals surface area contributed by atoms with Crippen molar-refractivity contribution < 1.29 is 5.82 Å². The number of benzene rings is 1. The zero-order valence-electron chi connectivity index (χ0n) is 27.8. The van der Waals surface area contributed by atoms with Crippen molar-refractivity contribution in [3.63, 3.8) is 0 Å². The lowest BCUT2D eigenvalue weighted by molar-refractivity contribution is 0.125. The van der Waals surface area contributed by atoms with Crippen LogP contribution >= 0.6 is 0 Å². The predicted octanol–water partition coefficient (Wildman–Crippen LogP) is 7.88. The smallest absolute Gasteiger partial charge is 0.224 e. The van der Waals surface area contributed by atoms with Gasteiger partial charge in [0.1, 0.15) is 5.69 Å². The van der Waals surface area contributed by atoms with E-state index < -0.39 is 0 Å². The second-order valence-corrected chi connectivity index (χ2v) is 13.7. The largest absolute Gasteiger partial charge is 0.355 e. The van der Waals surface area contributed by atoms with E-state index in [9.17, 15) is 0 Å². The van der Waals surface area contributed by atoms with Crippen LogP contribution in [-0.4, -0.2) is 84.3 Å². The van der Waals surface area contributed by atoms with Gasteiger partial charge in [0.25, 0.3) is 0 Å². The summed E-state index contributed by atoms with van der Waals surface area (Å²) in [5.41, 5.74) is 7.52. The Hall–Kier alpha value is -2.97. The minimum atomic E-state index is -0.380. The van der Waals surface area contributed by atoms with E-state index in [2.05, 4.69) is 82.1 Å². The van der Waals surface area contributed by atoms with Gasteiger partial charge in [0.05, 0.1) is 29.8 Å². The molecule has 7 rings (SSSR count). The molecule has 4 heterocycles. The Morgan fingerprint density at radius 1 is 1.02 bits per heavy atom. The first kappa shape index (κ1) is 33.4. The average Bonchev–Trinajstić information content (AvgIpc) is 3.67. The minimum absolute atomic E-state index is 0. The number of halogens is 1. The highest BCUT2D eigenvalue weighted by Gasteiger charge is 2.35. The molecule has 1 unspecified atom stereocenters. The van der Waals surface area contributed by atoms with Crippen molar-refractivity contribution in [1.29, 1.82) is 0 Å². The monoisotopic (exact) mass is 619 g/mol. The van der Waals surface area contributed by atoms with Crippen molar-refractivity contribution in [2.45, 2.75) is 104 Å². The average molecular weight is 620 g/mol. The molecule has 45 heavy (non-hydrogen) atoms. The van der Waals surface area contributed by atoms with Crippen LogP contribution in [0.3, 0.4) is 0 Å². The third-order valence-corrected chi connectivity index (χ3v) is 10.5. The van der Waals surface area contributed by atoms with E-state index in [1.54, 1.807) is 0 Å². The van der Waals surface area contributed by atoms with Gasteiger partial charge in [-0.1, -0.05) is 51.8 Å². The molecule has 3 aliphatic heterocycles. The van der Waals surface area contributed by atoms with E-state index in [-0.39, 0.29) is 20.2 Å². The van der Waals surface area contributed by atoms with Crippen LogP contribution in [0.2, 0.25) is 0 Å². The molecular formula is C37H58FN7. The first-order chi connectivity index (χ1) is 21.3. The number of piperidine rings is 1. The van der Waals surface area contributed by atoms with Gasteiger partial charge in [-0.25, -0.2) is 14.4 Å². The Balaban J connectivity index is 0.00000118. The number of hydrogen-bond donors (Lipinski definition) is 1. The van der Waals surface area contributed by atoms with Crippen molar-refractivity contribution in [2.24, 2.45) is 0 Å². The molecule has 0 bridgehead atoms. The first-order valence-corrected chi connectivity index (χ1v) is 17.0. The van der Waals surface area contributed by atoms with Gasteiger partial charge in [-0.15, -0.1) is 0 Å². The number of rotatable bonds is 5. The van der Waals surface area contributed by atoms with Crippen LogP contribution in [0.25, 0.3) is 11.3 Å². The number of nitrogens with zero attached hydrogens (tertiary/aromatic N) is 6. The van der Waals surface area contributed by atoms with E-state index in [1.807, 2.05) is 13.8 Å². The maximum Gasteiger partial charge on any atom is 0.224 e. The van der Waals surface area contributed by atoms with Gasteiger partial charge in [0.15, 0.2) is 5.82 Å². The van der Waals surface area contributed by atoms with Crippen LogP contribution < -0.4 is 15.1 Å². The SMILES string of the molecule is C.CC.Cc1cc(-c2nc(NC3(C)C=CC4=C(CCN(C5CCN(C)CC5)C4)C3)ncc2F)cc2c1N(C)CN2C1CCCC1.[HH]. The highest BCUT2D eigenvalue weighted by atomic mass is 19.1. The van der Waals surface area contributed by atoms with Crippen molar-refractivity contribution in [3.05, 3.63) is 53.0 Å². The summed E-state index contributed by atoms with van der Waals surface area (Å²) in [4.78, 5) is 19.2. The van der Waals surface area contributed by atoms with E-state index >= 15 is 4.39 Å². The molecule has 5 aliphatic rings. The van der Waals surface area contributed by atoms with Crippen LogP contribution in [0, 0.1) is 12.7 Å². The fraction of sp³-hybridized carbons (Fsp3) is 0.622. The number of aryl methyl sites for hydroxylation is 1. The number of hydrogen-bond acceptors (Lipinski definition) is 7. The summed E-state index contributed by atoms with van der Waals surface area (Å²) in [6.45, 7) is 13.8. The lowest BCUT2D eigenvalue weighted by Gasteiger charge is -2.42. The standard InChI is InChI=1S/C34H46FN7.C2H6.CH4.H2/c1-23-17-26(18-30-32(23)40(4)22-42(30)28-7-5-6-8-28)31-29(35)20-36-33(37-31)38-34(2)13-9-25-21-41(16-10-24(25)19-34)27-11-14-39(3)15-12-27;1-2;;/h9,13,17-18,20,27-28H,5-8,10-12,14-16,19,21-22H2,1-4H3,(H,36,37,38);1-2H3;1H4;1H. The van der Waals surface area contributed by atoms with Crippen molar-refractivity contribution in [3.8, 4) is 11.3 Å². The molecule has 1 atom stereocenters. The maximum atomic E-state index is 15.3. The van der Waals surface area contributed by atoms with Crippen LogP contribution in [0.5, 0.6) is 0 Å². The Morgan fingerprint density at radius 3 is 2.49 bits per heavy atom. The van der Waals surface area contributed by atoms with Crippen LogP contribution in [0.15, 0.2) is 41.6 Å². The van der Waals surface area contributed by atoms with Gasteiger partial charge in [-0.2, -0.15) is 0 Å².